The van der Waals surface area contributed by atoms with Crippen LogP contribution in [0.25, 0.3) is 0 Å². The third kappa shape index (κ3) is 4.55. The van der Waals surface area contributed by atoms with Crippen LogP contribution >= 0.6 is 0 Å². The normalized spacial score (nSPS) is 25.8. The van der Waals surface area contributed by atoms with Crippen LogP contribution in [-0.4, -0.2) is 12.6 Å². The Balaban J connectivity index is 2.26. The van der Waals surface area contributed by atoms with Gasteiger partial charge in [-0.2, -0.15) is 0 Å². The van der Waals surface area contributed by atoms with Crippen molar-refractivity contribution in [2.75, 3.05) is 6.54 Å². The van der Waals surface area contributed by atoms with Gasteiger partial charge in [-0.25, -0.2) is 0 Å². The molecule has 1 saturated carbocycles. The van der Waals surface area contributed by atoms with Crippen molar-refractivity contribution in [3.8, 4) is 0 Å². The Labute approximate surface area is 96.0 Å². The fraction of sp³-hybridized carbons (Fsp3) is 1.00. The van der Waals surface area contributed by atoms with E-state index in [9.17, 15) is 0 Å². The summed E-state index contributed by atoms with van der Waals surface area (Å²) in [5, 5.41) is 3.78. The molecule has 0 radical (unpaired) electrons. The van der Waals surface area contributed by atoms with Crippen LogP contribution in [0.5, 0.6) is 0 Å². The maximum atomic E-state index is 3.78. The summed E-state index contributed by atoms with van der Waals surface area (Å²) in [6.07, 6.45) is 8.22. The summed E-state index contributed by atoms with van der Waals surface area (Å²) in [6.45, 7) is 10.7. The standard InChI is InChI=1S/C14H29N/c1-5-12(6-2)11-15-13-8-7-9-14(3,4)10-13/h12-13,15H,5-11H2,1-4H3. The van der Waals surface area contributed by atoms with Crippen LogP contribution in [0.4, 0.5) is 0 Å². The molecule has 1 fully saturated rings. The van der Waals surface area contributed by atoms with Crippen molar-refractivity contribution in [1.29, 1.82) is 0 Å². The molecule has 1 rings (SSSR count). The molecule has 1 unspecified atom stereocenters. The number of rotatable bonds is 5. The molecule has 1 atom stereocenters. The third-order valence-electron chi connectivity index (χ3n) is 4.06. The first-order chi connectivity index (χ1) is 7.07. The zero-order valence-corrected chi connectivity index (χ0v) is 11.1. The molecule has 0 aromatic carbocycles. The van der Waals surface area contributed by atoms with E-state index in [1.807, 2.05) is 0 Å². The first-order valence-corrected chi connectivity index (χ1v) is 6.80. The van der Waals surface area contributed by atoms with E-state index in [1.54, 1.807) is 0 Å². The van der Waals surface area contributed by atoms with Gasteiger partial charge < -0.3 is 5.32 Å². The highest BCUT2D eigenvalue weighted by Crippen LogP contribution is 2.35. The first-order valence-electron chi connectivity index (χ1n) is 6.80. The molecule has 0 heterocycles. The SMILES string of the molecule is CCC(CC)CNC1CCCC(C)(C)C1. The lowest BCUT2D eigenvalue weighted by Crippen LogP contribution is -2.39. The average Bonchev–Trinajstić information content (AvgIpc) is 2.18. The maximum Gasteiger partial charge on any atom is 0.00722 e. The van der Waals surface area contributed by atoms with Crippen molar-refractivity contribution in [2.45, 2.75) is 72.3 Å². The molecule has 0 aromatic heterocycles. The number of hydrogen-bond acceptors (Lipinski definition) is 1. The van der Waals surface area contributed by atoms with Gasteiger partial charge in [0.15, 0.2) is 0 Å². The largest absolute Gasteiger partial charge is 0.314 e. The summed E-state index contributed by atoms with van der Waals surface area (Å²) in [7, 11) is 0. The van der Waals surface area contributed by atoms with E-state index in [0.29, 0.717) is 5.41 Å². The van der Waals surface area contributed by atoms with Gasteiger partial charge in [0.1, 0.15) is 0 Å². The summed E-state index contributed by atoms with van der Waals surface area (Å²) < 4.78 is 0. The molecule has 1 heteroatoms. The maximum absolute atomic E-state index is 3.78. The topological polar surface area (TPSA) is 12.0 Å². The summed E-state index contributed by atoms with van der Waals surface area (Å²) >= 11 is 0. The molecule has 0 spiro atoms. The molecule has 1 N–H and O–H groups in total. The molecular formula is C14H29N. The second-order valence-corrected chi connectivity index (χ2v) is 6.05. The van der Waals surface area contributed by atoms with Gasteiger partial charge in [-0.3, -0.25) is 0 Å². The van der Waals surface area contributed by atoms with Crippen molar-refractivity contribution in [1.82, 2.24) is 5.32 Å². The highest BCUT2D eigenvalue weighted by atomic mass is 14.9. The van der Waals surface area contributed by atoms with Crippen molar-refractivity contribution in [3.05, 3.63) is 0 Å². The van der Waals surface area contributed by atoms with Crippen LogP contribution in [0.2, 0.25) is 0 Å². The van der Waals surface area contributed by atoms with Crippen LogP contribution < -0.4 is 5.32 Å². The van der Waals surface area contributed by atoms with Crippen LogP contribution in [0.3, 0.4) is 0 Å². The lowest BCUT2D eigenvalue weighted by Gasteiger charge is -2.36. The van der Waals surface area contributed by atoms with Crippen LogP contribution in [0.15, 0.2) is 0 Å². The Morgan fingerprint density at radius 1 is 1.27 bits per heavy atom. The summed E-state index contributed by atoms with van der Waals surface area (Å²) in [6, 6.07) is 0.786. The molecule has 0 aromatic rings. The van der Waals surface area contributed by atoms with E-state index in [4.69, 9.17) is 0 Å². The van der Waals surface area contributed by atoms with E-state index < -0.39 is 0 Å². The smallest absolute Gasteiger partial charge is 0.00722 e. The van der Waals surface area contributed by atoms with Crippen molar-refractivity contribution in [3.63, 3.8) is 0 Å². The van der Waals surface area contributed by atoms with Gasteiger partial charge in [0, 0.05) is 6.04 Å². The first kappa shape index (κ1) is 13.0. The molecule has 0 bridgehead atoms. The fourth-order valence-electron chi connectivity index (χ4n) is 2.78. The zero-order valence-electron chi connectivity index (χ0n) is 11.1. The number of hydrogen-bond donors (Lipinski definition) is 1. The van der Waals surface area contributed by atoms with Gasteiger partial charge >= 0.3 is 0 Å². The lowest BCUT2D eigenvalue weighted by molar-refractivity contribution is 0.193. The monoisotopic (exact) mass is 211 g/mol. The Hall–Kier alpha value is -0.0400. The van der Waals surface area contributed by atoms with Gasteiger partial charge in [-0.05, 0) is 37.1 Å². The van der Waals surface area contributed by atoms with Gasteiger partial charge in [0.05, 0.1) is 0 Å². The van der Waals surface area contributed by atoms with E-state index in [1.165, 1.54) is 45.1 Å². The summed E-state index contributed by atoms with van der Waals surface area (Å²) in [5.74, 6) is 0.884. The van der Waals surface area contributed by atoms with E-state index in [0.717, 1.165) is 12.0 Å². The average molecular weight is 211 g/mol. The van der Waals surface area contributed by atoms with E-state index in [2.05, 4.69) is 33.0 Å². The predicted octanol–water partition coefficient (Wildman–Crippen LogP) is 3.98. The molecule has 1 aliphatic carbocycles. The van der Waals surface area contributed by atoms with Gasteiger partial charge in [-0.1, -0.05) is 47.0 Å². The second-order valence-electron chi connectivity index (χ2n) is 6.05. The Morgan fingerprint density at radius 2 is 1.93 bits per heavy atom. The predicted molar refractivity (Wildman–Crippen MR) is 68.1 cm³/mol. The molecule has 0 amide bonds. The third-order valence-corrected chi connectivity index (χ3v) is 4.06. The van der Waals surface area contributed by atoms with Crippen molar-refractivity contribution in [2.24, 2.45) is 11.3 Å². The minimum Gasteiger partial charge on any atom is -0.314 e. The van der Waals surface area contributed by atoms with Crippen molar-refractivity contribution < 1.29 is 0 Å². The molecule has 15 heavy (non-hydrogen) atoms. The molecule has 1 nitrogen and oxygen atoms in total. The minimum atomic E-state index is 0.573. The van der Waals surface area contributed by atoms with Gasteiger partial charge in [0.2, 0.25) is 0 Å². The lowest BCUT2D eigenvalue weighted by atomic mass is 9.75. The molecule has 90 valence electrons. The molecule has 0 saturated heterocycles. The minimum absolute atomic E-state index is 0.573. The second kappa shape index (κ2) is 5.89. The summed E-state index contributed by atoms with van der Waals surface area (Å²) in [5.41, 5.74) is 0.573. The van der Waals surface area contributed by atoms with Crippen LogP contribution in [0.1, 0.15) is 66.2 Å². The number of nitrogens with one attached hydrogen (secondary N) is 1. The fourth-order valence-corrected chi connectivity index (χ4v) is 2.78. The van der Waals surface area contributed by atoms with Crippen molar-refractivity contribution >= 4 is 0 Å². The van der Waals surface area contributed by atoms with Crippen LogP contribution in [0, 0.1) is 11.3 Å². The summed E-state index contributed by atoms with van der Waals surface area (Å²) in [4.78, 5) is 0. The zero-order chi connectivity index (χ0) is 11.3. The Kier molecular flexibility index (Phi) is 5.11. The highest BCUT2D eigenvalue weighted by molar-refractivity contribution is 4.83. The van der Waals surface area contributed by atoms with E-state index in [-0.39, 0.29) is 0 Å². The molecule has 1 aliphatic rings. The molecule has 0 aliphatic heterocycles. The Bertz CT molecular complexity index is 170. The van der Waals surface area contributed by atoms with Gasteiger partial charge in [-0.15, -0.1) is 0 Å². The quantitative estimate of drug-likeness (QED) is 0.725. The van der Waals surface area contributed by atoms with Crippen LogP contribution in [-0.2, 0) is 0 Å². The van der Waals surface area contributed by atoms with E-state index >= 15 is 0 Å². The molecular weight excluding hydrogens is 182 g/mol. The Morgan fingerprint density at radius 3 is 2.47 bits per heavy atom. The van der Waals surface area contributed by atoms with Gasteiger partial charge in [0.25, 0.3) is 0 Å². The highest BCUT2D eigenvalue weighted by Gasteiger charge is 2.27.